The fourth-order valence-electron chi connectivity index (χ4n) is 3.49. The number of likely N-dealkylation sites (tertiary alicyclic amines) is 1. The Kier molecular flexibility index (Phi) is 6.94. The second kappa shape index (κ2) is 9.88. The van der Waals surface area contributed by atoms with E-state index in [0.717, 1.165) is 23.5 Å². The van der Waals surface area contributed by atoms with E-state index in [4.69, 9.17) is 9.47 Å². The summed E-state index contributed by atoms with van der Waals surface area (Å²) < 4.78 is 47.1. The highest BCUT2D eigenvalue weighted by Crippen LogP contribution is 2.31. The minimum atomic E-state index is -3.24. The topological polar surface area (TPSA) is 85.8 Å². The largest absolute Gasteiger partial charge is 0.487 e. The van der Waals surface area contributed by atoms with Gasteiger partial charge in [0, 0.05) is 30.6 Å². The van der Waals surface area contributed by atoms with Gasteiger partial charge >= 0.3 is 6.09 Å². The molecule has 0 N–H and O–H groups in total. The van der Waals surface area contributed by atoms with E-state index < -0.39 is 15.9 Å². The SMILES string of the molecule is CS(=O)(=O)c1ccc(OCc2csc(C3CCN(C(=O)Oc4ccc(F)cc4)CC3)n2)cc1. The average Bonchev–Trinajstić information content (AvgIpc) is 3.28. The Hall–Kier alpha value is -2.98. The van der Waals surface area contributed by atoms with Gasteiger partial charge in [-0.3, -0.25) is 0 Å². The van der Waals surface area contributed by atoms with Gasteiger partial charge in [-0.25, -0.2) is 22.6 Å². The summed E-state index contributed by atoms with van der Waals surface area (Å²) in [4.78, 5) is 18.9. The van der Waals surface area contributed by atoms with Crippen LogP contribution in [0.2, 0.25) is 0 Å². The fraction of sp³-hybridized carbons (Fsp3) is 0.304. The molecule has 2 heterocycles. The quantitative estimate of drug-likeness (QED) is 0.500. The molecule has 7 nitrogen and oxygen atoms in total. The molecule has 0 radical (unpaired) electrons. The number of benzene rings is 2. The lowest BCUT2D eigenvalue weighted by molar-refractivity contribution is 0.138. The first kappa shape index (κ1) is 23.2. The van der Waals surface area contributed by atoms with Crippen LogP contribution in [0.15, 0.2) is 58.8 Å². The van der Waals surface area contributed by atoms with Crippen LogP contribution in [-0.2, 0) is 16.4 Å². The third-order valence-electron chi connectivity index (χ3n) is 5.33. The molecule has 1 fully saturated rings. The summed E-state index contributed by atoms with van der Waals surface area (Å²) in [5.41, 5.74) is 0.806. The molecule has 10 heteroatoms. The van der Waals surface area contributed by atoms with E-state index in [1.165, 1.54) is 42.7 Å². The molecular weight excluding hydrogens is 467 g/mol. The first-order valence-electron chi connectivity index (χ1n) is 10.4. The molecule has 1 aliphatic rings. The molecule has 1 aliphatic heterocycles. The number of halogens is 1. The Labute approximate surface area is 195 Å². The molecule has 174 valence electrons. The standard InChI is InChI=1S/C23H23FN2O5S2/c1-33(28,29)21-8-6-19(7-9-21)30-14-18-15-32-22(25-18)16-10-12-26(13-11-16)23(27)31-20-4-2-17(24)3-5-20/h2-9,15-16H,10-14H2,1H3. The second-order valence-corrected chi connectivity index (χ2v) is 10.7. The van der Waals surface area contributed by atoms with Crippen molar-refractivity contribution in [1.29, 1.82) is 0 Å². The van der Waals surface area contributed by atoms with Crippen LogP contribution in [0.4, 0.5) is 9.18 Å². The maximum absolute atomic E-state index is 13.0. The lowest BCUT2D eigenvalue weighted by atomic mass is 9.98. The summed E-state index contributed by atoms with van der Waals surface area (Å²) in [6.45, 7) is 1.41. The average molecular weight is 491 g/mol. The number of amides is 1. The monoisotopic (exact) mass is 490 g/mol. The Morgan fingerprint density at radius 2 is 1.73 bits per heavy atom. The van der Waals surface area contributed by atoms with Crippen molar-refractivity contribution in [3.8, 4) is 11.5 Å². The predicted molar refractivity (Wildman–Crippen MR) is 122 cm³/mol. The Morgan fingerprint density at radius 3 is 2.36 bits per heavy atom. The summed E-state index contributed by atoms with van der Waals surface area (Å²) in [6, 6.07) is 11.7. The normalized spacial score (nSPS) is 14.8. The highest BCUT2D eigenvalue weighted by Gasteiger charge is 2.27. The Morgan fingerprint density at radius 1 is 1.09 bits per heavy atom. The number of nitrogens with zero attached hydrogens (tertiary/aromatic N) is 2. The number of ether oxygens (including phenoxy) is 2. The fourth-order valence-corrected chi connectivity index (χ4v) is 5.10. The van der Waals surface area contributed by atoms with Crippen molar-refractivity contribution in [2.24, 2.45) is 0 Å². The zero-order valence-electron chi connectivity index (χ0n) is 17.9. The minimum absolute atomic E-state index is 0.249. The Bertz CT molecular complexity index is 1200. The van der Waals surface area contributed by atoms with Gasteiger partial charge in [0.2, 0.25) is 0 Å². The van der Waals surface area contributed by atoms with Gasteiger partial charge in [-0.1, -0.05) is 0 Å². The van der Waals surface area contributed by atoms with Crippen molar-refractivity contribution in [3.05, 3.63) is 70.4 Å². The number of carbonyl (C=O) groups excluding carboxylic acids is 1. The van der Waals surface area contributed by atoms with Crippen molar-refractivity contribution >= 4 is 27.3 Å². The second-order valence-electron chi connectivity index (χ2n) is 7.79. The van der Waals surface area contributed by atoms with Crippen LogP contribution in [0.25, 0.3) is 0 Å². The number of carbonyl (C=O) groups is 1. The van der Waals surface area contributed by atoms with Crippen molar-refractivity contribution in [3.63, 3.8) is 0 Å². The van der Waals surface area contributed by atoms with Crippen molar-refractivity contribution in [2.75, 3.05) is 19.3 Å². The molecule has 33 heavy (non-hydrogen) atoms. The molecule has 4 rings (SSSR count). The van der Waals surface area contributed by atoms with E-state index in [1.807, 2.05) is 5.38 Å². The van der Waals surface area contributed by atoms with Gasteiger partial charge in [-0.15, -0.1) is 11.3 Å². The zero-order valence-corrected chi connectivity index (χ0v) is 19.6. The predicted octanol–water partition coefficient (Wildman–Crippen LogP) is 4.64. The van der Waals surface area contributed by atoms with Crippen LogP contribution < -0.4 is 9.47 Å². The summed E-state index contributed by atoms with van der Waals surface area (Å²) in [5.74, 6) is 0.769. The van der Waals surface area contributed by atoms with E-state index in [-0.39, 0.29) is 23.2 Å². The molecule has 0 aliphatic carbocycles. The smallest absolute Gasteiger partial charge is 0.415 e. The molecule has 0 atom stereocenters. The molecule has 0 saturated carbocycles. The summed E-state index contributed by atoms with van der Waals surface area (Å²) in [6.07, 6.45) is 2.28. The van der Waals surface area contributed by atoms with Gasteiger partial charge in [-0.2, -0.15) is 0 Å². The molecule has 3 aromatic rings. The first-order chi connectivity index (χ1) is 15.8. The van der Waals surface area contributed by atoms with Gasteiger partial charge in [-0.05, 0) is 61.4 Å². The van der Waals surface area contributed by atoms with E-state index >= 15 is 0 Å². The highest BCUT2D eigenvalue weighted by atomic mass is 32.2. The van der Waals surface area contributed by atoms with Gasteiger partial charge in [0.05, 0.1) is 15.6 Å². The number of aromatic nitrogens is 1. The van der Waals surface area contributed by atoms with Crippen LogP contribution >= 0.6 is 11.3 Å². The number of piperidine rings is 1. The van der Waals surface area contributed by atoms with Gasteiger partial charge in [0.15, 0.2) is 9.84 Å². The summed E-state index contributed by atoms with van der Waals surface area (Å²) in [5, 5.41) is 2.96. The lowest BCUT2D eigenvalue weighted by Gasteiger charge is -2.30. The molecular formula is C23H23FN2O5S2. The van der Waals surface area contributed by atoms with Gasteiger partial charge < -0.3 is 14.4 Å². The maximum Gasteiger partial charge on any atom is 0.415 e. The number of hydrogen-bond donors (Lipinski definition) is 0. The number of sulfone groups is 1. The Balaban J connectivity index is 1.26. The van der Waals surface area contributed by atoms with Crippen molar-refractivity contribution < 1.29 is 27.1 Å². The molecule has 1 amide bonds. The van der Waals surface area contributed by atoms with E-state index in [0.29, 0.717) is 24.6 Å². The maximum atomic E-state index is 13.0. The van der Waals surface area contributed by atoms with E-state index in [1.54, 1.807) is 28.4 Å². The first-order valence-corrected chi connectivity index (χ1v) is 13.1. The highest BCUT2D eigenvalue weighted by molar-refractivity contribution is 7.90. The van der Waals surface area contributed by atoms with Gasteiger partial charge in [0.25, 0.3) is 0 Å². The summed E-state index contributed by atoms with van der Waals surface area (Å²) >= 11 is 1.57. The molecule has 0 bridgehead atoms. The third-order valence-corrected chi connectivity index (χ3v) is 7.51. The van der Waals surface area contributed by atoms with Gasteiger partial charge in [0.1, 0.15) is 23.9 Å². The van der Waals surface area contributed by atoms with E-state index in [2.05, 4.69) is 4.98 Å². The van der Waals surface area contributed by atoms with E-state index in [9.17, 15) is 17.6 Å². The third kappa shape index (κ3) is 6.08. The minimum Gasteiger partial charge on any atom is -0.487 e. The molecule has 0 spiro atoms. The zero-order chi connectivity index (χ0) is 23.4. The van der Waals surface area contributed by atoms with Crippen LogP contribution in [0, 0.1) is 5.82 Å². The van der Waals surface area contributed by atoms with Crippen molar-refractivity contribution in [1.82, 2.24) is 9.88 Å². The van der Waals surface area contributed by atoms with Crippen LogP contribution in [0.1, 0.15) is 29.5 Å². The summed E-state index contributed by atoms with van der Waals surface area (Å²) in [7, 11) is -3.24. The molecule has 1 saturated heterocycles. The lowest BCUT2D eigenvalue weighted by Crippen LogP contribution is -2.39. The number of hydrogen-bond acceptors (Lipinski definition) is 7. The van der Waals surface area contributed by atoms with Crippen molar-refractivity contribution in [2.45, 2.75) is 30.3 Å². The van der Waals surface area contributed by atoms with Crippen LogP contribution in [-0.4, -0.2) is 43.7 Å². The molecule has 0 unspecified atom stereocenters. The van der Waals surface area contributed by atoms with Crippen LogP contribution in [0.5, 0.6) is 11.5 Å². The number of thiazole rings is 1. The molecule has 1 aromatic heterocycles. The molecule has 2 aromatic carbocycles. The van der Waals surface area contributed by atoms with Crippen LogP contribution in [0.3, 0.4) is 0 Å². The number of rotatable bonds is 6.